The number of aliphatic hydroxyl groups excluding tert-OH is 1. The van der Waals surface area contributed by atoms with Crippen LogP contribution in [-0.2, 0) is 11.2 Å². The number of nitrogens with zero attached hydrogens (tertiary/aromatic N) is 2. The van der Waals surface area contributed by atoms with E-state index in [-0.39, 0.29) is 31.1 Å². The van der Waals surface area contributed by atoms with Crippen molar-refractivity contribution in [2.45, 2.75) is 17.2 Å². The molecule has 1 aliphatic rings. The molecule has 1 aromatic carbocycles. The van der Waals surface area contributed by atoms with Crippen LogP contribution in [-0.4, -0.2) is 39.1 Å². The zero-order valence-corrected chi connectivity index (χ0v) is 13.4. The van der Waals surface area contributed by atoms with E-state index >= 15 is 0 Å². The Morgan fingerprint density at radius 3 is 2.83 bits per heavy atom. The number of rotatable bonds is 5. The zero-order valence-electron chi connectivity index (χ0n) is 12.6. The van der Waals surface area contributed by atoms with Crippen molar-refractivity contribution in [3.8, 4) is 0 Å². The summed E-state index contributed by atoms with van der Waals surface area (Å²) in [5.41, 5.74) is -0.822. The van der Waals surface area contributed by atoms with Crippen molar-refractivity contribution in [2.75, 3.05) is 13.2 Å². The molecule has 0 aliphatic carbocycles. The van der Waals surface area contributed by atoms with Gasteiger partial charge in [0.25, 0.3) is 0 Å². The lowest BCUT2D eigenvalue weighted by Gasteiger charge is -2.12. The number of ether oxygens (including phenoxy) is 1. The lowest BCUT2D eigenvalue weighted by Crippen LogP contribution is -2.28. The van der Waals surface area contributed by atoms with E-state index in [9.17, 15) is 14.0 Å². The number of carbonyl (C=O) groups excluding carboxylic acids is 1. The van der Waals surface area contributed by atoms with Crippen molar-refractivity contribution < 1.29 is 19.0 Å². The van der Waals surface area contributed by atoms with Gasteiger partial charge in [0.2, 0.25) is 0 Å². The van der Waals surface area contributed by atoms with Gasteiger partial charge in [-0.3, -0.25) is 9.36 Å². The highest BCUT2D eigenvalue weighted by Crippen LogP contribution is 2.34. The number of aromatic nitrogens is 2. The third kappa shape index (κ3) is 3.55. The summed E-state index contributed by atoms with van der Waals surface area (Å²) < 4.78 is 20.7. The Labute approximate surface area is 141 Å². The first-order chi connectivity index (χ1) is 11.6. The summed E-state index contributed by atoms with van der Waals surface area (Å²) in [5.74, 6) is -1.02. The molecule has 2 atom stereocenters. The van der Waals surface area contributed by atoms with Gasteiger partial charge in [0.05, 0.1) is 25.3 Å². The largest absolute Gasteiger partial charge is 0.393 e. The van der Waals surface area contributed by atoms with Crippen LogP contribution in [0.15, 0.2) is 41.3 Å². The predicted molar refractivity (Wildman–Crippen MR) is 86.4 cm³/mol. The Kier molecular flexibility index (Phi) is 5.08. The van der Waals surface area contributed by atoms with Crippen molar-refractivity contribution in [3.05, 3.63) is 64.1 Å². The number of Topliss-reactive ketones (excluding diaryl/α,β-unsaturated/α-hetero) is 1. The lowest BCUT2D eigenvalue weighted by molar-refractivity contribution is 0.0802. The number of thioether (sulfide) groups is 1. The summed E-state index contributed by atoms with van der Waals surface area (Å²) in [4.78, 5) is 28.0. The van der Waals surface area contributed by atoms with Gasteiger partial charge < -0.3 is 9.84 Å². The number of ketones is 1. The standard InChI is InChI=1S/C16H15FN2O4S/c17-11-7-19(14-9-23-15(8-20)24-14)16(22)18-12(11)6-13(21)10-4-2-1-3-5-10/h1-5,7,14-15,20H,6,8-9H2/t14-,15-/m0/s1. The lowest BCUT2D eigenvalue weighted by atomic mass is 10.1. The summed E-state index contributed by atoms with van der Waals surface area (Å²) in [6, 6.07) is 8.46. The van der Waals surface area contributed by atoms with Gasteiger partial charge in [-0.15, -0.1) is 11.8 Å². The van der Waals surface area contributed by atoms with Crippen molar-refractivity contribution in [1.29, 1.82) is 0 Å². The van der Waals surface area contributed by atoms with Crippen molar-refractivity contribution >= 4 is 17.5 Å². The normalized spacial score (nSPS) is 20.2. The highest BCUT2D eigenvalue weighted by molar-refractivity contribution is 8.00. The van der Waals surface area contributed by atoms with E-state index in [1.165, 1.54) is 11.8 Å². The van der Waals surface area contributed by atoms with E-state index in [1.807, 2.05) is 0 Å². The Balaban J connectivity index is 1.80. The molecule has 8 heteroatoms. The van der Waals surface area contributed by atoms with E-state index in [1.54, 1.807) is 30.3 Å². The molecule has 1 saturated heterocycles. The molecule has 2 heterocycles. The van der Waals surface area contributed by atoms with Gasteiger partial charge >= 0.3 is 5.69 Å². The summed E-state index contributed by atoms with van der Waals surface area (Å²) >= 11 is 1.22. The zero-order chi connectivity index (χ0) is 17.1. The van der Waals surface area contributed by atoms with Crippen LogP contribution < -0.4 is 5.69 Å². The van der Waals surface area contributed by atoms with Crippen LogP contribution in [0.25, 0.3) is 0 Å². The second-order valence-electron chi connectivity index (χ2n) is 5.23. The Morgan fingerprint density at radius 2 is 2.17 bits per heavy atom. The number of aliphatic hydroxyl groups is 1. The minimum absolute atomic E-state index is 0.173. The molecule has 2 aromatic rings. The quantitative estimate of drug-likeness (QED) is 0.821. The number of carbonyl (C=O) groups is 1. The molecule has 0 bridgehead atoms. The maximum absolute atomic E-state index is 14.3. The average molecular weight is 350 g/mol. The molecule has 0 amide bonds. The molecule has 6 nitrogen and oxygen atoms in total. The molecule has 0 radical (unpaired) electrons. The molecule has 24 heavy (non-hydrogen) atoms. The van der Waals surface area contributed by atoms with E-state index in [4.69, 9.17) is 9.84 Å². The van der Waals surface area contributed by atoms with Crippen LogP contribution in [0.3, 0.4) is 0 Å². The fourth-order valence-corrected chi connectivity index (χ4v) is 3.40. The molecular formula is C16H15FN2O4S. The maximum atomic E-state index is 14.3. The van der Waals surface area contributed by atoms with Crippen molar-refractivity contribution in [2.24, 2.45) is 0 Å². The van der Waals surface area contributed by atoms with Gasteiger partial charge in [0, 0.05) is 11.8 Å². The average Bonchev–Trinajstić information content (AvgIpc) is 3.07. The Bertz CT molecular complexity index is 796. The molecule has 1 fully saturated rings. The molecule has 1 N–H and O–H groups in total. The molecule has 1 aliphatic heterocycles. The number of benzene rings is 1. The summed E-state index contributed by atoms with van der Waals surface area (Å²) in [6.45, 7) is -0.00526. The monoisotopic (exact) mass is 350 g/mol. The Hall–Kier alpha value is -2.03. The minimum atomic E-state index is -0.716. The van der Waals surface area contributed by atoms with E-state index in [0.717, 1.165) is 10.8 Å². The summed E-state index contributed by atoms with van der Waals surface area (Å²) in [7, 11) is 0. The van der Waals surface area contributed by atoms with Crippen LogP contribution in [0.4, 0.5) is 4.39 Å². The molecule has 126 valence electrons. The third-order valence-corrected chi connectivity index (χ3v) is 4.86. The van der Waals surface area contributed by atoms with E-state index < -0.39 is 22.3 Å². The second kappa shape index (κ2) is 7.25. The van der Waals surface area contributed by atoms with Crippen molar-refractivity contribution in [1.82, 2.24) is 9.55 Å². The topological polar surface area (TPSA) is 81.4 Å². The highest BCUT2D eigenvalue weighted by Gasteiger charge is 2.28. The first-order valence-electron chi connectivity index (χ1n) is 7.32. The first-order valence-corrected chi connectivity index (χ1v) is 8.26. The SMILES string of the molecule is O=C(Cc1nc(=O)n([C@@H]2CO[C@H](CO)S2)cc1F)c1ccccc1. The molecule has 0 spiro atoms. The predicted octanol–water partition coefficient (Wildman–Crippen LogP) is 1.39. The molecular weight excluding hydrogens is 335 g/mol. The van der Waals surface area contributed by atoms with Crippen LogP contribution in [0, 0.1) is 5.82 Å². The van der Waals surface area contributed by atoms with Gasteiger partial charge in [-0.1, -0.05) is 30.3 Å². The van der Waals surface area contributed by atoms with Crippen LogP contribution in [0.1, 0.15) is 21.4 Å². The van der Waals surface area contributed by atoms with Gasteiger partial charge in [-0.05, 0) is 0 Å². The van der Waals surface area contributed by atoms with E-state index in [2.05, 4.69) is 4.98 Å². The fourth-order valence-electron chi connectivity index (χ4n) is 2.37. The minimum Gasteiger partial charge on any atom is -0.393 e. The van der Waals surface area contributed by atoms with Crippen molar-refractivity contribution in [3.63, 3.8) is 0 Å². The van der Waals surface area contributed by atoms with Gasteiger partial charge in [0.15, 0.2) is 11.6 Å². The number of halogens is 1. The van der Waals surface area contributed by atoms with Crippen LogP contribution in [0.5, 0.6) is 0 Å². The Morgan fingerprint density at radius 1 is 1.42 bits per heavy atom. The first kappa shape index (κ1) is 16.8. The van der Waals surface area contributed by atoms with Gasteiger partial charge in [0.1, 0.15) is 10.8 Å². The van der Waals surface area contributed by atoms with Gasteiger partial charge in [-0.25, -0.2) is 9.18 Å². The van der Waals surface area contributed by atoms with Crippen LogP contribution >= 0.6 is 11.8 Å². The highest BCUT2D eigenvalue weighted by atomic mass is 32.2. The smallest absolute Gasteiger partial charge is 0.349 e. The third-order valence-electron chi connectivity index (χ3n) is 3.60. The molecule has 1 aromatic heterocycles. The maximum Gasteiger partial charge on any atom is 0.349 e. The summed E-state index contributed by atoms with van der Waals surface area (Å²) in [5, 5.41) is 8.60. The summed E-state index contributed by atoms with van der Waals surface area (Å²) in [6.07, 6.45) is 0.767. The van der Waals surface area contributed by atoms with E-state index in [0.29, 0.717) is 5.56 Å². The number of hydrogen-bond donors (Lipinski definition) is 1. The number of hydrogen-bond acceptors (Lipinski definition) is 6. The van der Waals surface area contributed by atoms with Gasteiger partial charge in [-0.2, -0.15) is 4.98 Å². The fraction of sp³-hybridized carbons (Fsp3) is 0.312. The van der Waals surface area contributed by atoms with Crippen LogP contribution in [0.2, 0.25) is 0 Å². The molecule has 0 unspecified atom stereocenters. The molecule has 0 saturated carbocycles. The molecule has 3 rings (SSSR count). The second-order valence-corrected chi connectivity index (χ2v) is 6.57.